The van der Waals surface area contributed by atoms with E-state index in [9.17, 15) is 0 Å². The van der Waals surface area contributed by atoms with Crippen LogP contribution in [0, 0.1) is 0 Å². The Labute approximate surface area is 122 Å². The molecule has 1 saturated heterocycles. The molecule has 112 valence electrons. The van der Waals surface area contributed by atoms with Gasteiger partial charge in [0.05, 0.1) is 18.5 Å². The summed E-state index contributed by atoms with van der Waals surface area (Å²) in [7, 11) is 0. The fraction of sp³-hybridized carbons (Fsp3) is 0.688. The molecule has 1 aromatic rings. The van der Waals surface area contributed by atoms with Crippen molar-refractivity contribution in [3.8, 4) is 5.75 Å². The first-order valence-electron chi connectivity index (χ1n) is 7.77. The van der Waals surface area contributed by atoms with E-state index in [1.165, 1.54) is 25.9 Å². The van der Waals surface area contributed by atoms with Crippen LogP contribution in [0.15, 0.2) is 18.3 Å². The normalized spacial score (nSPS) is 15.9. The van der Waals surface area contributed by atoms with E-state index in [2.05, 4.69) is 29.0 Å². The molecule has 1 aliphatic rings. The molecule has 0 aliphatic carbocycles. The number of hydrogen-bond acceptors (Lipinski definition) is 4. The number of hydrogen-bond donors (Lipinski definition) is 1. The molecule has 0 radical (unpaired) electrons. The van der Waals surface area contributed by atoms with E-state index >= 15 is 0 Å². The highest BCUT2D eigenvalue weighted by molar-refractivity contribution is 5.19. The van der Waals surface area contributed by atoms with Crippen molar-refractivity contribution in [3.63, 3.8) is 0 Å². The van der Waals surface area contributed by atoms with Crippen molar-refractivity contribution in [1.82, 2.24) is 15.2 Å². The van der Waals surface area contributed by atoms with E-state index in [1.54, 1.807) is 0 Å². The van der Waals surface area contributed by atoms with Gasteiger partial charge in [-0.3, -0.25) is 4.98 Å². The van der Waals surface area contributed by atoms with Crippen LogP contribution in [0.1, 0.15) is 38.8 Å². The predicted octanol–water partition coefficient (Wildman–Crippen LogP) is 2.44. The van der Waals surface area contributed by atoms with Crippen molar-refractivity contribution in [2.24, 2.45) is 0 Å². The molecule has 0 spiro atoms. The number of nitrogens with one attached hydrogen (secondary N) is 1. The zero-order chi connectivity index (χ0) is 14.2. The molecule has 1 N–H and O–H groups in total. The van der Waals surface area contributed by atoms with Crippen LogP contribution in [0.25, 0.3) is 0 Å². The van der Waals surface area contributed by atoms with Crippen LogP contribution < -0.4 is 10.1 Å². The summed E-state index contributed by atoms with van der Waals surface area (Å²) in [5.41, 5.74) is 1.06. The SMILES string of the molecule is CC(C)NCc1ccc(OCCCN2CCCC2)cn1. The van der Waals surface area contributed by atoms with Gasteiger partial charge in [0.2, 0.25) is 0 Å². The number of nitrogens with zero attached hydrogens (tertiary/aromatic N) is 2. The minimum absolute atomic E-state index is 0.485. The second-order valence-electron chi connectivity index (χ2n) is 5.77. The molecule has 20 heavy (non-hydrogen) atoms. The van der Waals surface area contributed by atoms with Gasteiger partial charge < -0.3 is 15.0 Å². The molecule has 0 amide bonds. The standard InChI is InChI=1S/C16H27N3O/c1-14(2)17-12-15-6-7-16(13-18-15)20-11-5-10-19-8-3-4-9-19/h6-7,13-14,17H,3-5,8-12H2,1-2H3. The van der Waals surface area contributed by atoms with Gasteiger partial charge in [-0.15, -0.1) is 0 Å². The van der Waals surface area contributed by atoms with Gasteiger partial charge in [0, 0.05) is 19.1 Å². The minimum atomic E-state index is 0.485. The first-order valence-corrected chi connectivity index (χ1v) is 7.77. The van der Waals surface area contributed by atoms with Crippen LogP contribution in [0.2, 0.25) is 0 Å². The van der Waals surface area contributed by atoms with E-state index in [0.717, 1.165) is 37.6 Å². The molecule has 1 fully saturated rings. The summed E-state index contributed by atoms with van der Waals surface area (Å²) in [4.78, 5) is 6.93. The van der Waals surface area contributed by atoms with Gasteiger partial charge in [0.1, 0.15) is 5.75 Å². The van der Waals surface area contributed by atoms with Crippen molar-refractivity contribution in [2.75, 3.05) is 26.2 Å². The molecule has 2 heterocycles. The molecule has 0 bridgehead atoms. The molecule has 0 aromatic carbocycles. The quantitative estimate of drug-likeness (QED) is 0.741. The zero-order valence-corrected chi connectivity index (χ0v) is 12.8. The first kappa shape index (κ1) is 15.3. The Morgan fingerprint density at radius 2 is 2.10 bits per heavy atom. The van der Waals surface area contributed by atoms with Crippen molar-refractivity contribution in [3.05, 3.63) is 24.0 Å². The lowest BCUT2D eigenvalue weighted by molar-refractivity contribution is 0.262. The molecule has 0 atom stereocenters. The third kappa shape index (κ3) is 5.47. The molecule has 1 aromatic heterocycles. The Balaban J connectivity index is 1.62. The summed E-state index contributed by atoms with van der Waals surface area (Å²) in [6, 6.07) is 4.53. The molecule has 0 saturated carbocycles. The molecule has 4 heteroatoms. The summed E-state index contributed by atoms with van der Waals surface area (Å²) in [5, 5.41) is 3.36. The monoisotopic (exact) mass is 277 g/mol. The topological polar surface area (TPSA) is 37.4 Å². The van der Waals surface area contributed by atoms with Crippen molar-refractivity contribution in [1.29, 1.82) is 0 Å². The van der Waals surface area contributed by atoms with Gasteiger partial charge in [-0.05, 0) is 44.5 Å². The van der Waals surface area contributed by atoms with Crippen molar-refractivity contribution < 1.29 is 4.74 Å². The van der Waals surface area contributed by atoms with Crippen LogP contribution in [-0.2, 0) is 6.54 Å². The molecule has 0 unspecified atom stereocenters. The van der Waals surface area contributed by atoms with Crippen LogP contribution >= 0.6 is 0 Å². The number of pyridine rings is 1. The van der Waals surface area contributed by atoms with Gasteiger partial charge in [-0.1, -0.05) is 13.8 Å². The number of ether oxygens (including phenoxy) is 1. The zero-order valence-electron chi connectivity index (χ0n) is 12.8. The lowest BCUT2D eigenvalue weighted by Crippen LogP contribution is -2.22. The van der Waals surface area contributed by atoms with Crippen molar-refractivity contribution >= 4 is 0 Å². The Bertz CT molecular complexity index is 372. The Morgan fingerprint density at radius 1 is 1.30 bits per heavy atom. The van der Waals surface area contributed by atoms with Crippen LogP contribution in [0.3, 0.4) is 0 Å². The summed E-state index contributed by atoms with van der Waals surface area (Å²) in [6.07, 6.45) is 5.64. The molecular weight excluding hydrogens is 250 g/mol. The van der Waals surface area contributed by atoms with Crippen LogP contribution in [0.5, 0.6) is 5.75 Å². The predicted molar refractivity (Wildman–Crippen MR) is 82.0 cm³/mol. The maximum Gasteiger partial charge on any atom is 0.137 e. The van der Waals surface area contributed by atoms with Gasteiger partial charge in [-0.2, -0.15) is 0 Å². The van der Waals surface area contributed by atoms with Crippen LogP contribution in [-0.4, -0.2) is 42.2 Å². The Morgan fingerprint density at radius 3 is 2.75 bits per heavy atom. The highest BCUT2D eigenvalue weighted by Crippen LogP contribution is 2.11. The third-order valence-corrected chi connectivity index (χ3v) is 3.58. The summed E-state index contributed by atoms with van der Waals surface area (Å²) < 4.78 is 5.74. The lowest BCUT2D eigenvalue weighted by Gasteiger charge is -2.14. The maximum absolute atomic E-state index is 5.74. The highest BCUT2D eigenvalue weighted by Gasteiger charge is 2.10. The van der Waals surface area contributed by atoms with E-state index in [1.807, 2.05) is 18.3 Å². The molecule has 4 nitrogen and oxygen atoms in total. The third-order valence-electron chi connectivity index (χ3n) is 3.58. The van der Waals surface area contributed by atoms with Gasteiger partial charge in [0.15, 0.2) is 0 Å². The van der Waals surface area contributed by atoms with Gasteiger partial charge >= 0.3 is 0 Å². The van der Waals surface area contributed by atoms with E-state index < -0.39 is 0 Å². The van der Waals surface area contributed by atoms with Gasteiger partial charge in [-0.25, -0.2) is 0 Å². The molecular formula is C16H27N3O. The fourth-order valence-corrected chi connectivity index (χ4v) is 2.39. The smallest absolute Gasteiger partial charge is 0.137 e. The van der Waals surface area contributed by atoms with Crippen molar-refractivity contribution in [2.45, 2.75) is 45.7 Å². The minimum Gasteiger partial charge on any atom is -0.492 e. The number of aromatic nitrogens is 1. The molecule has 1 aliphatic heterocycles. The maximum atomic E-state index is 5.74. The average molecular weight is 277 g/mol. The second kappa shape index (κ2) is 8.22. The summed E-state index contributed by atoms with van der Waals surface area (Å²) in [6.45, 7) is 9.55. The molecule has 2 rings (SSSR count). The summed E-state index contributed by atoms with van der Waals surface area (Å²) in [5.74, 6) is 0.875. The highest BCUT2D eigenvalue weighted by atomic mass is 16.5. The Hall–Kier alpha value is -1.13. The fourth-order valence-electron chi connectivity index (χ4n) is 2.39. The van der Waals surface area contributed by atoms with E-state index in [-0.39, 0.29) is 0 Å². The Kier molecular flexibility index (Phi) is 6.27. The second-order valence-corrected chi connectivity index (χ2v) is 5.77. The van der Waals surface area contributed by atoms with E-state index in [0.29, 0.717) is 6.04 Å². The number of likely N-dealkylation sites (tertiary alicyclic amines) is 1. The first-order chi connectivity index (χ1) is 9.74. The van der Waals surface area contributed by atoms with Crippen LogP contribution in [0.4, 0.5) is 0 Å². The lowest BCUT2D eigenvalue weighted by atomic mass is 10.3. The summed E-state index contributed by atoms with van der Waals surface area (Å²) >= 11 is 0. The average Bonchev–Trinajstić information content (AvgIpc) is 2.96. The van der Waals surface area contributed by atoms with Gasteiger partial charge in [0.25, 0.3) is 0 Å². The van der Waals surface area contributed by atoms with E-state index in [4.69, 9.17) is 4.74 Å². The number of rotatable bonds is 8. The largest absolute Gasteiger partial charge is 0.492 e.